The van der Waals surface area contributed by atoms with Crippen LogP contribution in [0.5, 0.6) is 5.75 Å². The maximum Gasteiger partial charge on any atom is 0.319 e. The van der Waals surface area contributed by atoms with Crippen molar-refractivity contribution in [1.29, 1.82) is 0 Å². The van der Waals surface area contributed by atoms with Crippen LogP contribution in [-0.2, 0) is 13.0 Å². The molecule has 0 bridgehead atoms. The highest BCUT2D eigenvalue weighted by molar-refractivity contribution is 5.89. The van der Waals surface area contributed by atoms with Crippen molar-refractivity contribution in [3.05, 3.63) is 108 Å². The highest BCUT2D eigenvalue weighted by Crippen LogP contribution is 2.29. The van der Waals surface area contributed by atoms with Gasteiger partial charge in [-0.25, -0.2) is 4.79 Å². The predicted octanol–water partition coefficient (Wildman–Crippen LogP) is 5.41. The number of amides is 2. The molecule has 2 amide bonds. The molecular formula is C32H35N5O2. The largest absolute Gasteiger partial charge is 0.493 e. The van der Waals surface area contributed by atoms with E-state index in [-0.39, 0.29) is 6.03 Å². The topological polar surface area (TPSA) is 78.5 Å². The number of pyridine rings is 1. The zero-order valence-electron chi connectivity index (χ0n) is 22.3. The molecule has 39 heavy (non-hydrogen) atoms. The van der Waals surface area contributed by atoms with Gasteiger partial charge >= 0.3 is 6.03 Å². The van der Waals surface area contributed by atoms with Gasteiger partial charge in [0.25, 0.3) is 0 Å². The SMILES string of the molecule is Cc1ccc(CCOc2ccc(NC(=O)NCc3cccnc3)cc2)c(-c2cccc(N3CCNCC3)c2)c1. The molecule has 3 N–H and O–H groups in total. The van der Waals surface area contributed by atoms with Gasteiger partial charge in [-0.3, -0.25) is 4.98 Å². The highest BCUT2D eigenvalue weighted by atomic mass is 16.5. The first-order valence-electron chi connectivity index (χ1n) is 13.5. The Morgan fingerprint density at radius 2 is 1.85 bits per heavy atom. The summed E-state index contributed by atoms with van der Waals surface area (Å²) in [5, 5.41) is 9.11. The Balaban J connectivity index is 1.16. The summed E-state index contributed by atoms with van der Waals surface area (Å²) < 4.78 is 6.06. The van der Waals surface area contributed by atoms with Crippen molar-refractivity contribution in [3.63, 3.8) is 0 Å². The number of carbonyl (C=O) groups is 1. The molecule has 1 fully saturated rings. The van der Waals surface area contributed by atoms with Crippen LogP contribution in [0.25, 0.3) is 11.1 Å². The number of aromatic nitrogens is 1. The summed E-state index contributed by atoms with van der Waals surface area (Å²) in [5.41, 5.74) is 7.93. The molecule has 0 unspecified atom stereocenters. The standard InChI is InChI=1S/C32H35N5O2/c1-24-7-8-26(31(20-24)27-5-2-6-29(21-27)37-17-15-33-16-18-37)13-19-39-30-11-9-28(10-12-30)36-32(38)35-23-25-4-3-14-34-22-25/h2-12,14,20-22,33H,13,15-19,23H2,1H3,(H2,35,36,38). The maximum atomic E-state index is 12.2. The van der Waals surface area contributed by atoms with Gasteiger partial charge in [-0.2, -0.15) is 0 Å². The molecule has 3 aromatic carbocycles. The Labute approximate surface area is 230 Å². The van der Waals surface area contributed by atoms with Gasteiger partial charge in [-0.15, -0.1) is 0 Å². The van der Waals surface area contributed by atoms with E-state index in [9.17, 15) is 4.79 Å². The number of urea groups is 1. The maximum absolute atomic E-state index is 12.2. The molecule has 0 saturated carbocycles. The van der Waals surface area contributed by atoms with Crippen molar-refractivity contribution >= 4 is 17.4 Å². The summed E-state index contributed by atoms with van der Waals surface area (Å²) >= 11 is 0. The van der Waals surface area contributed by atoms with E-state index in [4.69, 9.17) is 4.74 Å². The first-order valence-corrected chi connectivity index (χ1v) is 13.5. The zero-order valence-corrected chi connectivity index (χ0v) is 22.3. The molecule has 7 nitrogen and oxygen atoms in total. The number of ether oxygens (including phenoxy) is 1. The first kappa shape index (κ1) is 26.3. The number of anilines is 2. The lowest BCUT2D eigenvalue weighted by molar-refractivity contribution is 0.251. The van der Waals surface area contributed by atoms with Crippen molar-refractivity contribution < 1.29 is 9.53 Å². The highest BCUT2D eigenvalue weighted by Gasteiger charge is 2.13. The molecule has 1 aromatic heterocycles. The van der Waals surface area contributed by atoms with Crippen LogP contribution < -0.4 is 25.6 Å². The molecular weight excluding hydrogens is 486 g/mol. The minimum absolute atomic E-state index is 0.263. The summed E-state index contributed by atoms with van der Waals surface area (Å²) in [4.78, 5) is 18.7. The molecule has 1 saturated heterocycles. The number of carbonyl (C=O) groups excluding carboxylic acids is 1. The van der Waals surface area contributed by atoms with Crippen LogP contribution in [0.15, 0.2) is 91.3 Å². The minimum Gasteiger partial charge on any atom is -0.493 e. The Morgan fingerprint density at radius 3 is 2.64 bits per heavy atom. The van der Waals surface area contributed by atoms with E-state index in [1.165, 1.54) is 27.9 Å². The number of nitrogens with zero attached hydrogens (tertiary/aromatic N) is 2. The van der Waals surface area contributed by atoms with Gasteiger partial charge in [0.15, 0.2) is 0 Å². The third-order valence-corrected chi connectivity index (χ3v) is 6.83. The molecule has 7 heteroatoms. The van der Waals surface area contributed by atoms with Crippen molar-refractivity contribution in [2.24, 2.45) is 0 Å². The number of piperazine rings is 1. The van der Waals surface area contributed by atoms with Gasteiger partial charge in [0.05, 0.1) is 6.61 Å². The van der Waals surface area contributed by atoms with Crippen LogP contribution in [0.2, 0.25) is 0 Å². The average Bonchev–Trinajstić information content (AvgIpc) is 2.99. The van der Waals surface area contributed by atoms with Gasteiger partial charge in [-0.1, -0.05) is 42.0 Å². The molecule has 1 aliphatic rings. The third-order valence-electron chi connectivity index (χ3n) is 6.83. The van der Waals surface area contributed by atoms with Crippen LogP contribution >= 0.6 is 0 Å². The monoisotopic (exact) mass is 521 g/mol. The van der Waals surface area contributed by atoms with E-state index in [0.717, 1.165) is 43.9 Å². The second-order valence-electron chi connectivity index (χ2n) is 9.74. The van der Waals surface area contributed by atoms with Crippen LogP contribution in [0, 0.1) is 6.92 Å². The lowest BCUT2D eigenvalue weighted by atomic mass is 9.95. The summed E-state index contributed by atoms with van der Waals surface area (Å²) in [5.74, 6) is 0.769. The Hall–Kier alpha value is -4.36. The van der Waals surface area contributed by atoms with Gasteiger partial charge in [0, 0.05) is 62.9 Å². The summed E-state index contributed by atoms with van der Waals surface area (Å²) in [6, 6.07) is 26.5. The summed E-state index contributed by atoms with van der Waals surface area (Å²) in [6.45, 7) is 7.22. The van der Waals surface area contributed by atoms with Gasteiger partial charge < -0.3 is 25.6 Å². The molecule has 0 aliphatic carbocycles. The van der Waals surface area contributed by atoms with Crippen molar-refractivity contribution in [2.45, 2.75) is 19.9 Å². The van der Waals surface area contributed by atoms with Gasteiger partial charge in [-0.05, 0) is 71.6 Å². The Bertz CT molecular complexity index is 1370. The van der Waals surface area contributed by atoms with E-state index in [2.05, 4.69) is 75.2 Å². The molecule has 0 radical (unpaired) electrons. The fraction of sp³-hybridized carbons (Fsp3) is 0.250. The van der Waals surface area contributed by atoms with Gasteiger partial charge in [0.2, 0.25) is 0 Å². The third kappa shape index (κ3) is 7.36. The number of aryl methyl sites for hydroxylation is 1. The van der Waals surface area contributed by atoms with Crippen LogP contribution in [0.3, 0.4) is 0 Å². The molecule has 200 valence electrons. The number of hydrogen-bond donors (Lipinski definition) is 3. The fourth-order valence-corrected chi connectivity index (χ4v) is 4.74. The summed E-state index contributed by atoms with van der Waals surface area (Å²) in [7, 11) is 0. The second kappa shape index (κ2) is 12.9. The molecule has 2 heterocycles. The van der Waals surface area contributed by atoms with E-state index >= 15 is 0 Å². The molecule has 4 aromatic rings. The number of benzene rings is 3. The Kier molecular flexibility index (Phi) is 8.71. The van der Waals surface area contributed by atoms with E-state index < -0.39 is 0 Å². The number of nitrogens with one attached hydrogen (secondary N) is 3. The Morgan fingerprint density at radius 1 is 1.00 bits per heavy atom. The quantitative estimate of drug-likeness (QED) is 0.275. The van der Waals surface area contributed by atoms with Gasteiger partial charge in [0.1, 0.15) is 5.75 Å². The smallest absolute Gasteiger partial charge is 0.319 e. The van der Waals surface area contributed by atoms with E-state index in [0.29, 0.717) is 18.8 Å². The lowest BCUT2D eigenvalue weighted by Gasteiger charge is -2.29. The second-order valence-corrected chi connectivity index (χ2v) is 9.74. The van der Waals surface area contributed by atoms with Crippen LogP contribution in [0.1, 0.15) is 16.7 Å². The summed E-state index contributed by atoms with van der Waals surface area (Å²) in [6.07, 6.45) is 4.24. The van der Waals surface area contributed by atoms with Crippen LogP contribution in [0.4, 0.5) is 16.2 Å². The first-order chi connectivity index (χ1) is 19.1. The molecule has 0 spiro atoms. The van der Waals surface area contributed by atoms with Crippen molar-refractivity contribution in [3.8, 4) is 16.9 Å². The van der Waals surface area contributed by atoms with Crippen molar-refractivity contribution in [2.75, 3.05) is 43.0 Å². The van der Waals surface area contributed by atoms with E-state index in [1.54, 1.807) is 12.4 Å². The van der Waals surface area contributed by atoms with Crippen molar-refractivity contribution in [1.82, 2.24) is 15.6 Å². The fourth-order valence-electron chi connectivity index (χ4n) is 4.74. The number of rotatable bonds is 9. The molecule has 5 rings (SSSR count). The molecule has 1 aliphatic heterocycles. The normalized spacial score (nSPS) is 13.1. The lowest BCUT2D eigenvalue weighted by Crippen LogP contribution is -2.43. The average molecular weight is 522 g/mol. The molecule has 0 atom stereocenters. The number of hydrogen-bond acceptors (Lipinski definition) is 5. The predicted molar refractivity (Wildman–Crippen MR) is 157 cm³/mol. The minimum atomic E-state index is -0.263. The van der Waals surface area contributed by atoms with E-state index in [1.807, 2.05) is 36.4 Å². The van der Waals surface area contributed by atoms with Crippen LogP contribution in [-0.4, -0.2) is 43.8 Å². The zero-order chi connectivity index (χ0) is 26.9.